The Morgan fingerprint density at radius 3 is 2.43 bits per heavy atom. The Morgan fingerprint density at radius 2 is 1.81 bits per heavy atom. The largest absolute Gasteiger partial charge is 0.493 e. The molecule has 0 radical (unpaired) electrons. The predicted octanol–water partition coefficient (Wildman–Crippen LogP) is 3.25. The molecule has 0 amide bonds. The van der Waals surface area contributed by atoms with Gasteiger partial charge in [-0.1, -0.05) is 12.1 Å². The number of benzene rings is 2. The summed E-state index contributed by atoms with van der Waals surface area (Å²) in [7, 11) is 1.46. The van der Waals surface area contributed by atoms with Crippen LogP contribution in [0, 0.1) is 11.6 Å². The van der Waals surface area contributed by atoms with E-state index in [4.69, 9.17) is 14.6 Å². The molecule has 0 heterocycles. The minimum absolute atomic E-state index is 0.0802. The first kappa shape index (κ1) is 14.8. The highest BCUT2D eigenvalue weighted by Gasteiger charge is 2.15. The number of carboxylic acid groups (broad SMARTS) is 1. The fourth-order valence-corrected chi connectivity index (χ4v) is 1.76. The number of ether oxygens (including phenoxy) is 2. The molecule has 0 atom stereocenters. The summed E-state index contributed by atoms with van der Waals surface area (Å²) in [6.45, 7) is -0.247. The maximum atomic E-state index is 13.7. The zero-order chi connectivity index (χ0) is 15.4. The van der Waals surface area contributed by atoms with Crippen molar-refractivity contribution in [3.63, 3.8) is 0 Å². The maximum Gasteiger partial charge on any atom is 0.338 e. The molecule has 110 valence electrons. The summed E-state index contributed by atoms with van der Waals surface area (Å²) >= 11 is 0. The molecule has 6 heteroatoms. The van der Waals surface area contributed by atoms with Crippen molar-refractivity contribution in [3.05, 3.63) is 59.2 Å². The Balaban J connectivity index is 2.21. The lowest BCUT2D eigenvalue weighted by Gasteiger charge is -2.11. The van der Waals surface area contributed by atoms with Gasteiger partial charge in [-0.05, 0) is 24.3 Å². The summed E-state index contributed by atoms with van der Waals surface area (Å²) in [6.07, 6.45) is 0. The molecule has 0 saturated carbocycles. The van der Waals surface area contributed by atoms with Gasteiger partial charge in [0.15, 0.2) is 11.5 Å². The smallest absolute Gasteiger partial charge is 0.338 e. The van der Waals surface area contributed by atoms with Crippen LogP contribution in [0.1, 0.15) is 15.9 Å². The summed E-state index contributed by atoms with van der Waals surface area (Å²) in [5, 5.41) is 8.70. The lowest BCUT2D eigenvalue weighted by molar-refractivity contribution is 0.0691. The van der Waals surface area contributed by atoms with E-state index in [-0.39, 0.29) is 12.2 Å². The van der Waals surface area contributed by atoms with Gasteiger partial charge in [-0.3, -0.25) is 0 Å². The summed E-state index contributed by atoms with van der Waals surface area (Å²) in [5.41, 5.74) is -0.794. The average Bonchev–Trinajstić information content (AvgIpc) is 2.47. The highest BCUT2D eigenvalue weighted by Crippen LogP contribution is 2.27. The summed E-state index contributed by atoms with van der Waals surface area (Å²) in [4.78, 5) is 10.7. The Bertz CT molecular complexity index is 671. The van der Waals surface area contributed by atoms with Crippen LogP contribution in [0.5, 0.6) is 11.5 Å². The maximum absolute atomic E-state index is 13.7. The molecule has 0 aromatic heterocycles. The van der Waals surface area contributed by atoms with Gasteiger partial charge in [-0.25, -0.2) is 13.6 Å². The summed E-state index contributed by atoms with van der Waals surface area (Å²) in [6, 6.07) is 8.20. The molecule has 1 N–H and O–H groups in total. The Hall–Kier alpha value is -2.63. The van der Waals surface area contributed by atoms with Crippen LogP contribution in [0.25, 0.3) is 0 Å². The van der Waals surface area contributed by atoms with Gasteiger partial charge >= 0.3 is 5.97 Å². The number of methoxy groups -OCH3 is 1. The first-order valence-corrected chi connectivity index (χ1v) is 6.00. The number of para-hydroxylation sites is 2. The molecule has 0 aliphatic rings. The zero-order valence-electron chi connectivity index (χ0n) is 11.1. The number of halogens is 2. The van der Waals surface area contributed by atoms with Crippen molar-refractivity contribution in [2.75, 3.05) is 7.11 Å². The molecule has 0 unspecified atom stereocenters. The van der Waals surface area contributed by atoms with Crippen LogP contribution in [-0.4, -0.2) is 18.2 Å². The van der Waals surface area contributed by atoms with Gasteiger partial charge in [0.1, 0.15) is 18.2 Å². The lowest BCUT2D eigenvalue weighted by Crippen LogP contribution is -2.06. The van der Waals surface area contributed by atoms with Crippen LogP contribution in [-0.2, 0) is 6.61 Å². The number of carbonyl (C=O) groups is 1. The number of carboxylic acids is 1. The quantitative estimate of drug-likeness (QED) is 0.919. The van der Waals surface area contributed by atoms with Gasteiger partial charge in [0.05, 0.1) is 12.7 Å². The second-order valence-corrected chi connectivity index (χ2v) is 4.17. The third-order valence-corrected chi connectivity index (χ3v) is 2.82. The second-order valence-electron chi connectivity index (χ2n) is 4.17. The molecule has 0 fully saturated rings. The average molecular weight is 294 g/mol. The van der Waals surface area contributed by atoms with Gasteiger partial charge in [0.2, 0.25) is 0 Å². The van der Waals surface area contributed by atoms with E-state index in [1.165, 1.54) is 7.11 Å². The third kappa shape index (κ3) is 3.28. The van der Waals surface area contributed by atoms with Gasteiger partial charge in [0, 0.05) is 5.56 Å². The molecule has 0 spiro atoms. The van der Waals surface area contributed by atoms with Crippen molar-refractivity contribution in [2.24, 2.45) is 0 Å². The van der Waals surface area contributed by atoms with Crippen LogP contribution < -0.4 is 9.47 Å². The first-order valence-electron chi connectivity index (χ1n) is 6.00. The lowest BCUT2D eigenvalue weighted by atomic mass is 10.1. The molecule has 0 saturated heterocycles. The van der Waals surface area contributed by atoms with Gasteiger partial charge in [-0.2, -0.15) is 0 Å². The Morgan fingerprint density at radius 1 is 1.14 bits per heavy atom. The Kier molecular flexibility index (Phi) is 4.37. The topological polar surface area (TPSA) is 55.8 Å². The van der Waals surface area contributed by atoms with E-state index in [1.807, 2.05) is 0 Å². The van der Waals surface area contributed by atoms with E-state index in [2.05, 4.69) is 0 Å². The molecule has 21 heavy (non-hydrogen) atoms. The molecule has 2 rings (SSSR count). The fraction of sp³-hybridized carbons (Fsp3) is 0.133. The molecule has 4 nitrogen and oxygen atoms in total. The van der Waals surface area contributed by atoms with Crippen LogP contribution in [0.2, 0.25) is 0 Å². The number of hydrogen-bond acceptors (Lipinski definition) is 3. The van der Waals surface area contributed by atoms with Crippen LogP contribution >= 0.6 is 0 Å². The van der Waals surface area contributed by atoms with Crippen LogP contribution in [0.3, 0.4) is 0 Å². The third-order valence-electron chi connectivity index (χ3n) is 2.82. The molecular formula is C15H12F2O4. The zero-order valence-corrected chi connectivity index (χ0v) is 11.1. The van der Waals surface area contributed by atoms with E-state index in [1.54, 1.807) is 24.3 Å². The number of aromatic carboxylic acids is 1. The number of hydrogen-bond donors (Lipinski definition) is 1. The monoisotopic (exact) mass is 294 g/mol. The van der Waals surface area contributed by atoms with Gasteiger partial charge in [-0.15, -0.1) is 0 Å². The first-order chi connectivity index (χ1) is 10.0. The minimum Gasteiger partial charge on any atom is -0.493 e. The van der Waals surface area contributed by atoms with Crippen LogP contribution in [0.15, 0.2) is 36.4 Å². The normalized spacial score (nSPS) is 10.2. The van der Waals surface area contributed by atoms with Crippen molar-refractivity contribution in [2.45, 2.75) is 6.61 Å². The van der Waals surface area contributed by atoms with Crippen LogP contribution in [0.4, 0.5) is 8.78 Å². The van der Waals surface area contributed by atoms with Gasteiger partial charge < -0.3 is 14.6 Å². The highest BCUT2D eigenvalue weighted by atomic mass is 19.1. The van der Waals surface area contributed by atoms with Crippen molar-refractivity contribution in [1.82, 2.24) is 0 Å². The Labute approximate surface area is 119 Å². The van der Waals surface area contributed by atoms with Crippen molar-refractivity contribution in [3.8, 4) is 11.5 Å². The van der Waals surface area contributed by atoms with Gasteiger partial charge in [0.25, 0.3) is 0 Å². The van der Waals surface area contributed by atoms with E-state index >= 15 is 0 Å². The summed E-state index contributed by atoms with van der Waals surface area (Å²) in [5.74, 6) is -2.54. The van der Waals surface area contributed by atoms with E-state index < -0.39 is 23.2 Å². The fourth-order valence-electron chi connectivity index (χ4n) is 1.76. The van der Waals surface area contributed by atoms with E-state index in [9.17, 15) is 13.6 Å². The highest BCUT2D eigenvalue weighted by molar-refractivity contribution is 5.88. The second kappa shape index (κ2) is 6.21. The number of rotatable bonds is 5. The standard InChI is InChI=1S/C15H12F2O4/c1-20-13-4-2-3-5-14(13)21-8-9-6-12(17)10(15(18)19)7-11(9)16/h2-7H,8H2,1H3,(H,18,19). The molecule has 0 aliphatic heterocycles. The molecular weight excluding hydrogens is 282 g/mol. The molecule has 2 aromatic rings. The molecule has 0 aliphatic carbocycles. The predicted molar refractivity (Wildman–Crippen MR) is 70.6 cm³/mol. The SMILES string of the molecule is COc1ccccc1OCc1cc(F)c(C(=O)O)cc1F. The minimum atomic E-state index is -1.52. The molecule has 2 aromatic carbocycles. The van der Waals surface area contributed by atoms with Crippen molar-refractivity contribution >= 4 is 5.97 Å². The van der Waals surface area contributed by atoms with E-state index in [0.29, 0.717) is 17.6 Å². The van der Waals surface area contributed by atoms with E-state index in [0.717, 1.165) is 6.07 Å². The van der Waals surface area contributed by atoms with Crippen molar-refractivity contribution < 1.29 is 28.2 Å². The molecule has 0 bridgehead atoms. The summed E-state index contributed by atoms with van der Waals surface area (Å²) < 4.78 is 37.7. The van der Waals surface area contributed by atoms with Crippen molar-refractivity contribution in [1.29, 1.82) is 0 Å².